The monoisotopic (exact) mass is 366 g/mol. The van der Waals surface area contributed by atoms with Crippen molar-refractivity contribution in [3.05, 3.63) is 65.7 Å². The minimum atomic E-state index is -0.907. The highest BCUT2D eigenvalue weighted by atomic mass is 16.4. The average Bonchev–Trinajstić information content (AvgIpc) is 3.51. The quantitative estimate of drug-likeness (QED) is 0.667. The second kappa shape index (κ2) is 8.49. The van der Waals surface area contributed by atoms with Gasteiger partial charge in [-0.2, -0.15) is 0 Å². The highest BCUT2D eigenvalue weighted by Gasteiger charge is 2.29. The summed E-state index contributed by atoms with van der Waals surface area (Å²) in [6, 6.07) is 15.6. The number of hydrogen-bond donors (Lipinski definition) is 3. The third-order valence-corrected chi connectivity index (χ3v) is 4.49. The van der Waals surface area contributed by atoms with Crippen LogP contribution in [0.1, 0.15) is 47.6 Å². The maximum atomic E-state index is 12.7. The third-order valence-electron chi connectivity index (χ3n) is 4.49. The van der Waals surface area contributed by atoms with Crippen LogP contribution in [-0.4, -0.2) is 22.9 Å². The molecule has 2 aromatic rings. The topological polar surface area (TPSA) is 95.5 Å². The summed E-state index contributed by atoms with van der Waals surface area (Å²) in [6.45, 7) is 0. The van der Waals surface area contributed by atoms with E-state index in [0.29, 0.717) is 17.7 Å². The first-order valence-corrected chi connectivity index (χ1v) is 9.01. The van der Waals surface area contributed by atoms with Crippen LogP contribution < -0.4 is 10.6 Å². The van der Waals surface area contributed by atoms with Crippen molar-refractivity contribution in [3.63, 3.8) is 0 Å². The maximum absolute atomic E-state index is 12.7. The van der Waals surface area contributed by atoms with Crippen LogP contribution in [0.15, 0.2) is 54.6 Å². The van der Waals surface area contributed by atoms with Gasteiger partial charge >= 0.3 is 5.97 Å². The molecule has 27 heavy (non-hydrogen) atoms. The van der Waals surface area contributed by atoms with Crippen LogP contribution in [0.2, 0.25) is 0 Å². The molecule has 0 saturated heterocycles. The second-order valence-electron chi connectivity index (χ2n) is 6.71. The van der Waals surface area contributed by atoms with Crippen molar-refractivity contribution in [2.24, 2.45) is 5.92 Å². The summed E-state index contributed by atoms with van der Waals surface area (Å²) in [5.74, 6) is -1.15. The van der Waals surface area contributed by atoms with Crippen LogP contribution in [-0.2, 0) is 9.59 Å². The lowest BCUT2D eigenvalue weighted by molar-refractivity contribution is -0.137. The highest BCUT2D eigenvalue weighted by Crippen LogP contribution is 2.30. The standard InChI is InChI=1S/C21H22N2O4/c24-19(25)12-11-18(14-5-2-1-3-6-14)23-21(27)16-7-4-8-17(13-16)22-20(26)15-9-10-15/h1-8,13,15,18H,9-12H2,(H,22,26)(H,23,27)(H,24,25). The minimum absolute atomic E-state index is 0.0174. The number of anilines is 1. The first kappa shape index (κ1) is 18.6. The lowest BCUT2D eigenvalue weighted by Crippen LogP contribution is -2.29. The molecule has 1 aliphatic carbocycles. The van der Waals surface area contributed by atoms with E-state index in [0.717, 1.165) is 18.4 Å². The molecule has 140 valence electrons. The summed E-state index contributed by atoms with van der Waals surface area (Å²) >= 11 is 0. The Morgan fingerprint density at radius 1 is 1.04 bits per heavy atom. The fourth-order valence-electron chi connectivity index (χ4n) is 2.84. The van der Waals surface area contributed by atoms with Gasteiger partial charge in [0.05, 0.1) is 6.04 Å². The number of carboxylic acid groups (broad SMARTS) is 1. The number of benzene rings is 2. The van der Waals surface area contributed by atoms with Crippen molar-refractivity contribution >= 4 is 23.5 Å². The van der Waals surface area contributed by atoms with Crippen molar-refractivity contribution in [2.45, 2.75) is 31.7 Å². The molecule has 1 aliphatic rings. The van der Waals surface area contributed by atoms with Gasteiger partial charge in [-0.25, -0.2) is 0 Å². The van der Waals surface area contributed by atoms with Crippen LogP contribution >= 0.6 is 0 Å². The van der Waals surface area contributed by atoms with E-state index < -0.39 is 12.0 Å². The number of carboxylic acids is 1. The number of amides is 2. The molecule has 2 aromatic carbocycles. The van der Waals surface area contributed by atoms with E-state index in [9.17, 15) is 14.4 Å². The number of rotatable bonds is 8. The molecule has 0 radical (unpaired) electrons. The van der Waals surface area contributed by atoms with E-state index in [-0.39, 0.29) is 24.2 Å². The van der Waals surface area contributed by atoms with E-state index in [1.54, 1.807) is 24.3 Å². The molecule has 0 spiro atoms. The van der Waals surface area contributed by atoms with Gasteiger partial charge in [0.2, 0.25) is 5.91 Å². The predicted molar refractivity (Wildman–Crippen MR) is 101 cm³/mol. The van der Waals surface area contributed by atoms with Gasteiger partial charge < -0.3 is 15.7 Å². The maximum Gasteiger partial charge on any atom is 0.303 e. The Bertz CT molecular complexity index is 831. The van der Waals surface area contributed by atoms with Crippen molar-refractivity contribution in [2.75, 3.05) is 5.32 Å². The Morgan fingerprint density at radius 2 is 1.78 bits per heavy atom. The summed E-state index contributed by atoms with van der Waals surface area (Å²) < 4.78 is 0. The van der Waals surface area contributed by atoms with Crippen LogP contribution in [0.5, 0.6) is 0 Å². The number of nitrogens with one attached hydrogen (secondary N) is 2. The number of carbonyl (C=O) groups excluding carboxylic acids is 2. The molecule has 6 heteroatoms. The molecule has 1 atom stereocenters. The Labute approximate surface area is 157 Å². The molecule has 0 heterocycles. The SMILES string of the molecule is O=C(O)CCC(NC(=O)c1cccc(NC(=O)C2CC2)c1)c1ccccc1. The molecule has 1 fully saturated rings. The smallest absolute Gasteiger partial charge is 0.303 e. The van der Waals surface area contributed by atoms with Crippen LogP contribution in [0.25, 0.3) is 0 Å². The molecule has 3 rings (SSSR count). The fourth-order valence-corrected chi connectivity index (χ4v) is 2.84. The predicted octanol–water partition coefficient (Wildman–Crippen LogP) is 3.37. The van der Waals surface area contributed by atoms with E-state index in [4.69, 9.17) is 5.11 Å². The van der Waals surface area contributed by atoms with Crippen molar-refractivity contribution in [3.8, 4) is 0 Å². The number of carbonyl (C=O) groups is 3. The average molecular weight is 366 g/mol. The van der Waals surface area contributed by atoms with Gasteiger partial charge in [0.1, 0.15) is 0 Å². The summed E-state index contributed by atoms with van der Waals surface area (Å²) in [5.41, 5.74) is 1.85. The molecular weight excluding hydrogens is 344 g/mol. The lowest BCUT2D eigenvalue weighted by atomic mass is 10.0. The highest BCUT2D eigenvalue weighted by molar-refractivity contribution is 5.98. The third kappa shape index (κ3) is 5.41. The largest absolute Gasteiger partial charge is 0.481 e. The Balaban J connectivity index is 1.70. The zero-order valence-corrected chi connectivity index (χ0v) is 14.9. The van der Waals surface area contributed by atoms with Gasteiger partial charge in [0, 0.05) is 23.6 Å². The molecule has 6 nitrogen and oxygen atoms in total. The van der Waals surface area contributed by atoms with E-state index in [2.05, 4.69) is 10.6 Å². The molecule has 1 unspecified atom stereocenters. The molecule has 0 aromatic heterocycles. The first-order valence-electron chi connectivity index (χ1n) is 9.01. The van der Waals surface area contributed by atoms with E-state index in [1.807, 2.05) is 30.3 Å². The van der Waals surface area contributed by atoms with Crippen molar-refractivity contribution < 1.29 is 19.5 Å². The Kier molecular flexibility index (Phi) is 5.86. The van der Waals surface area contributed by atoms with Gasteiger partial charge in [-0.3, -0.25) is 14.4 Å². The van der Waals surface area contributed by atoms with Crippen LogP contribution in [0.4, 0.5) is 5.69 Å². The van der Waals surface area contributed by atoms with Gasteiger partial charge in [0.25, 0.3) is 5.91 Å². The van der Waals surface area contributed by atoms with Gasteiger partial charge in [0.15, 0.2) is 0 Å². The Morgan fingerprint density at radius 3 is 2.44 bits per heavy atom. The zero-order chi connectivity index (χ0) is 19.2. The van der Waals surface area contributed by atoms with Crippen molar-refractivity contribution in [1.82, 2.24) is 5.32 Å². The molecule has 0 bridgehead atoms. The first-order chi connectivity index (χ1) is 13.0. The fraction of sp³-hybridized carbons (Fsp3) is 0.286. The second-order valence-corrected chi connectivity index (χ2v) is 6.71. The zero-order valence-electron chi connectivity index (χ0n) is 14.9. The summed E-state index contributed by atoms with van der Waals surface area (Å²) in [6.07, 6.45) is 2.07. The van der Waals surface area contributed by atoms with E-state index >= 15 is 0 Å². The van der Waals surface area contributed by atoms with Gasteiger partial charge in [-0.15, -0.1) is 0 Å². The van der Waals surface area contributed by atoms with E-state index in [1.165, 1.54) is 0 Å². The molecule has 1 saturated carbocycles. The minimum Gasteiger partial charge on any atom is -0.481 e. The molecular formula is C21H22N2O4. The molecule has 2 amide bonds. The number of hydrogen-bond acceptors (Lipinski definition) is 3. The van der Waals surface area contributed by atoms with Crippen LogP contribution in [0, 0.1) is 5.92 Å². The lowest BCUT2D eigenvalue weighted by Gasteiger charge is -2.19. The van der Waals surface area contributed by atoms with Crippen molar-refractivity contribution in [1.29, 1.82) is 0 Å². The number of aliphatic carboxylic acids is 1. The Hall–Kier alpha value is -3.15. The van der Waals surface area contributed by atoms with Gasteiger partial charge in [-0.05, 0) is 43.0 Å². The molecule has 0 aliphatic heterocycles. The summed E-state index contributed by atoms with van der Waals surface area (Å²) in [5, 5.41) is 14.7. The van der Waals surface area contributed by atoms with Gasteiger partial charge in [-0.1, -0.05) is 36.4 Å². The summed E-state index contributed by atoms with van der Waals surface area (Å²) in [7, 11) is 0. The van der Waals surface area contributed by atoms with Crippen LogP contribution in [0.3, 0.4) is 0 Å². The normalized spacial score (nSPS) is 14.2. The summed E-state index contributed by atoms with van der Waals surface area (Å²) in [4.78, 5) is 35.5. The molecule has 3 N–H and O–H groups in total.